The van der Waals surface area contributed by atoms with Gasteiger partial charge in [-0.2, -0.15) is 0 Å². The van der Waals surface area contributed by atoms with E-state index in [1.165, 1.54) is 6.08 Å². The first-order valence-electron chi connectivity index (χ1n) is 9.49. The predicted octanol–water partition coefficient (Wildman–Crippen LogP) is 3.62. The summed E-state index contributed by atoms with van der Waals surface area (Å²) in [5.74, 6) is -0.120. The molecule has 6 nitrogen and oxygen atoms in total. The van der Waals surface area contributed by atoms with Crippen molar-refractivity contribution in [2.24, 2.45) is 10.8 Å². The highest BCUT2D eigenvalue weighted by atomic mass is 16.5. The summed E-state index contributed by atoms with van der Waals surface area (Å²) in [6.07, 6.45) is 4.11. The van der Waals surface area contributed by atoms with E-state index >= 15 is 0 Å². The minimum atomic E-state index is -0.816. The maximum Gasteiger partial charge on any atom is 0.330 e. The average Bonchev–Trinajstić information content (AvgIpc) is 2.72. The van der Waals surface area contributed by atoms with Crippen LogP contribution in [0.15, 0.2) is 30.3 Å². The molecular weight excluding hydrogens is 360 g/mol. The van der Waals surface area contributed by atoms with E-state index in [0.717, 1.165) is 11.3 Å². The van der Waals surface area contributed by atoms with Crippen LogP contribution in [0.1, 0.15) is 46.1 Å². The Kier molecular flexibility index (Phi) is 9.19. The van der Waals surface area contributed by atoms with Crippen molar-refractivity contribution in [3.8, 4) is 5.75 Å². The molecule has 0 saturated heterocycles. The van der Waals surface area contributed by atoms with Gasteiger partial charge in [-0.3, -0.25) is 4.79 Å². The number of esters is 2. The summed E-state index contributed by atoms with van der Waals surface area (Å²) < 4.78 is 15.8. The van der Waals surface area contributed by atoms with Crippen molar-refractivity contribution < 1.29 is 28.9 Å². The second-order valence-electron chi connectivity index (χ2n) is 7.54. The predicted molar refractivity (Wildman–Crippen MR) is 108 cm³/mol. The molecule has 1 aromatic carbocycles. The summed E-state index contributed by atoms with van der Waals surface area (Å²) in [6, 6.07) is 7.24. The number of aliphatic hydroxyl groups excluding tert-OH is 1. The van der Waals surface area contributed by atoms with Crippen LogP contribution in [0, 0.1) is 10.8 Å². The number of hydrogen-bond acceptors (Lipinski definition) is 6. The third-order valence-electron chi connectivity index (χ3n) is 5.08. The second-order valence-corrected chi connectivity index (χ2v) is 7.54. The van der Waals surface area contributed by atoms with Gasteiger partial charge in [-0.25, -0.2) is 4.79 Å². The van der Waals surface area contributed by atoms with Crippen molar-refractivity contribution in [3.63, 3.8) is 0 Å². The van der Waals surface area contributed by atoms with E-state index in [1.807, 2.05) is 39.8 Å². The van der Waals surface area contributed by atoms with Gasteiger partial charge < -0.3 is 19.3 Å². The quantitative estimate of drug-likeness (QED) is 0.457. The second kappa shape index (κ2) is 10.9. The Labute approximate surface area is 167 Å². The molecule has 0 bridgehead atoms. The number of ether oxygens (including phenoxy) is 3. The van der Waals surface area contributed by atoms with Crippen LogP contribution >= 0.6 is 0 Å². The van der Waals surface area contributed by atoms with E-state index in [9.17, 15) is 14.7 Å². The SMILES string of the molecule is CCC(CO)(COC(=O)/C=C/c1ccc(OC)cc1)COC(=O)C(C)(C)CC. The minimum absolute atomic E-state index is 0.00224. The Morgan fingerprint density at radius 3 is 2.14 bits per heavy atom. The van der Waals surface area contributed by atoms with Crippen LogP contribution in [-0.2, 0) is 19.1 Å². The Hall–Kier alpha value is -2.34. The number of benzene rings is 1. The van der Waals surface area contributed by atoms with Crippen LogP contribution in [0.4, 0.5) is 0 Å². The summed E-state index contributed by atoms with van der Waals surface area (Å²) in [5, 5.41) is 9.81. The molecule has 0 fully saturated rings. The molecule has 0 aliphatic heterocycles. The molecule has 0 amide bonds. The zero-order chi connectivity index (χ0) is 21.2. The molecule has 156 valence electrons. The Morgan fingerprint density at radius 1 is 1.04 bits per heavy atom. The lowest BCUT2D eigenvalue weighted by Crippen LogP contribution is -2.39. The molecule has 1 N–H and O–H groups in total. The highest BCUT2D eigenvalue weighted by Gasteiger charge is 2.34. The van der Waals surface area contributed by atoms with Crippen molar-refractivity contribution in [3.05, 3.63) is 35.9 Å². The van der Waals surface area contributed by atoms with Crippen LogP contribution in [0.2, 0.25) is 0 Å². The maximum atomic E-state index is 12.2. The van der Waals surface area contributed by atoms with Crippen LogP contribution in [0.25, 0.3) is 6.08 Å². The molecule has 1 aromatic rings. The first-order chi connectivity index (χ1) is 13.2. The molecule has 0 spiro atoms. The van der Waals surface area contributed by atoms with Crippen molar-refractivity contribution in [2.75, 3.05) is 26.9 Å². The van der Waals surface area contributed by atoms with Gasteiger partial charge in [-0.05, 0) is 50.5 Å². The summed E-state index contributed by atoms with van der Waals surface area (Å²) in [4.78, 5) is 24.2. The molecule has 0 radical (unpaired) electrons. The van der Waals surface area contributed by atoms with Crippen molar-refractivity contribution in [2.45, 2.75) is 40.5 Å². The third-order valence-corrected chi connectivity index (χ3v) is 5.08. The molecule has 1 atom stereocenters. The van der Waals surface area contributed by atoms with Gasteiger partial charge in [0.15, 0.2) is 0 Å². The zero-order valence-corrected chi connectivity index (χ0v) is 17.5. The van der Waals surface area contributed by atoms with E-state index in [-0.39, 0.29) is 25.8 Å². The van der Waals surface area contributed by atoms with Crippen LogP contribution < -0.4 is 4.74 Å². The number of methoxy groups -OCH3 is 1. The number of carbonyl (C=O) groups excluding carboxylic acids is 2. The molecule has 0 heterocycles. The molecule has 6 heteroatoms. The average molecular weight is 392 g/mol. The number of carbonyl (C=O) groups is 2. The lowest BCUT2D eigenvalue weighted by molar-refractivity contribution is -0.162. The van der Waals surface area contributed by atoms with Gasteiger partial charge in [0.25, 0.3) is 0 Å². The Bertz CT molecular complexity index is 656. The Morgan fingerprint density at radius 2 is 1.64 bits per heavy atom. The standard InChI is InChI=1S/C22H32O6/c1-6-21(3,4)20(25)28-16-22(7-2,14-23)15-27-19(24)13-10-17-8-11-18(26-5)12-9-17/h8-13,23H,6-7,14-16H2,1-5H3/b13-10+. The third kappa shape index (κ3) is 7.00. The number of aliphatic hydroxyl groups is 1. The molecule has 0 saturated carbocycles. The number of hydrogen-bond donors (Lipinski definition) is 1. The fraction of sp³-hybridized carbons (Fsp3) is 0.545. The van der Waals surface area contributed by atoms with E-state index < -0.39 is 16.8 Å². The van der Waals surface area contributed by atoms with Gasteiger partial charge in [0.1, 0.15) is 19.0 Å². The minimum Gasteiger partial charge on any atom is -0.497 e. The fourth-order valence-electron chi connectivity index (χ4n) is 2.16. The summed E-state index contributed by atoms with van der Waals surface area (Å²) in [6.45, 7) is 7.10. The van der Waals surface area contributed by atoms with Crippen molar-refractivity contribution in [1.82, 2.24) is 0 Å². The first kappa shape index (κ1) is 23.7. The van der Waals surface area contributed by atoms with Gasteiger partial charge >= 0.3 is 11.9 Å². The van der Waals surface area contributed by atoms with Crippen molar-refractivity contribution >= 4 is 18.0 Å². The van der Waals surface area contributed by atoms with Crippen LogP contribution in [0.5, 0.6) is 5.75 Å². The summed E-state index contributed by atoms with van der Waals surface area (Å²) >= 11 is 0. The smallest absolute Gasteiger partial charge is 0.330 e. The van der Waals surface area contributed by atoms with Gasteiger partial charge in [0, 0.05) is 6.08 Å². The molecule has 1 unspecified atom stereocenters. The Balaban J connectivity index is 2.63. The van der Waals surface area contributed by atoms with E-state index in [4.69, 9.17) is 14.2 Å². The first-order valence-corrected chi connectivity index (χ1v) is 9.49. The van der Waals surface area contributed by atoms with Gasteiger partial charge in [-0.1, -0.05) is 26.0 Å². The molecule has 0 aromatic heterocycles. The van der Waals surface area contributed by atoms with Gasteiger partial charge in [0.05, 0.1) is 24.5 Å². The van der Waals surface area contributed by atoms with Gasteiger partial charge in [-0.15, -0.1) is 0 Å². The lowest BCUT2D eigenvalue weighted by atomic mass is 9.87. The van der Waals surface area contributed by atoms with Crippen molar-refractivity contribution in [1.29, 1.82) is 0 Å². The lowest BCUT2D eigenvalue weighted by Gasteiger charge is -2.31. The summed E-state index contributed by atoms with van der Waals surface area (Å²) in [7, 11) is 1.59. The fourth-order valence-corrected chi connectivity index (χ4v) is 2.16. The highest BCUT2D eigenvalue weighted by molar-refractivity contribution is 5.87. The molecule has 0 aliphatic carbocycles. The van der Waals surface area contributed by atoms with E-state index in [0.29, 0.717) is 12.8 Å². The molecule has 28 heavy (non-hydrogen) atoms. The monoisotopic (exact) mass is 392 g/mol. The topological polar surface area (TPSA) is 82.1 Å². The molecule has 1 rings (SSSR count). The highest BCUT2D eigenvalue weighted by Crippen LogP contribution is 2.26. The van der Waals surface area contributed by atoms with Crippen LogP contribution in [-0.4, -0.2) is 44.0 Å². The molecular formula is C22H32O6. The zero-order valence-electron chi connectivity index (χ0n) is 17.5. The maximum absolute atomic E-state index is 12.2. The molecule has 0 aliphatic rings. The largest absolute Gasteiger partial charge is 0.497 e. The van der Waals surface area contributed by atoms with E-state index in [1.54, 1.807) is 25.3 Å². The number of rotatable bonds is 11. The van der Waals surface area contributed by atoms with Crippen LogP contribution in [0.3, 0.4) is 0 Å². The van der Waals surface area contributed by atoms with Gasteiger partial charge in [0.2, 0.25) is 0 Å². The summed E-state index contributed by atoms with van der Waals surface area (Å²) in [5.41, 5.74) is -0.576. The normalized spacial score (nSPS) is 13.8. The van der Waals surface area contributed by atoms with E-state index in [2.05, 4.69) is 0 Å².